The molecule has 0 saturated carbocycles. The van der Waals surface area contributed by atoms with Gasteiger partial charge in [-0.25, -0.2) is 0 Å². The number of benzene rings is 1. The van der Waals surface area contributed by atoms with Crippen molar-refractivity contribution in [2.75, 3.05) is 20.2 Å². The van der Waals surface area contributed by atoms with E-state index in [0.717, 1.165) is 25.9 Å². The third kappa shape index (κ3) is 2.25. The molecule has 3 rings (SSSR count). The van der Waals surface area contributed by atoms with Crippen LogP contribution in [0.4, 0.5) is 0 Å². The number of rotatable bonds is 2. The van der Waals surface area contributed by atoms with Crippen LogP contribution >= 0.6 is 0 Å². The average Bonchev–Trinajstić information content (AvgIpc) is 2.90. The lowest BCUT2D eigenvalue weighted by Crippen LogP contribution is -2.29. The van der Waals surface area contributed by atoms with Crippen molar-refractivity contribution in [3.63, 3.8) is 0 Å². The predicted molar refractivity (Wildman–Crippen MR) is 74.3 cm³/mol. The first-order valence-electron chi connectivity index (χ1n) is 6.87. The lowest BCUT2D eigenvalue weighted by Gasteiger charge is -2.17. The maximum atomic E-state index is 12.6. The molecule has 1 aliphatic carbocycles. The number of carbonyl (C=O) groups is 1. The van der Waals surface area contributed by atoms with Crippen molar-refractivity contribution in [1.82, 2.24) is 4.90 Å². The number of hydrogen-bond donors (Lipinski definition) is 0. The van der Waals surface area contributed by atoms with Gasteiger partial charge >= 0.3 is 0 Å². The molecule has 0 spiro atoms. The Morgan fingerprint density at radius 2 is 1.79 bits per heavy atom. The van der Waals surface area contributed by atoms with Crippen molar-refractivity contribution < 1.29 is 9.53 Å². The van der Waals surface area contributed by atoms with Gasteiger partial charge in [0.1, 0.15) is 5.75 Å². The molecule has 1 fully saturated rings. The highest BCUT2D eigenvalue weighted by Gasteiger charge is 2.35. The van der Waals surface area contributed by atoms with Crippen LogP contribution in [-0.2, 0) is 0 Å². The topological polar surface area (TPSA) is 29.5 Å². The van der Waals surface area contributed by atoms with Crippen LogP contribution < -0.4 is 4.74 Å². The van der Waals surface area contributed by atoms with Crippen LogP contribution in [0.1, 0.15) is 23.2 Å². The number of fused-ring (bicyclic) bond motifs is 1. The summed E-state index contributed by atoms with van der Waals surface area (Å²) in [5.41, 5.74) is 0.677. The zero-order valence-electron chi connectivity index (χ0n) is 11.2. The molecule has 19 heavy (non-hydrogen) atoms. The van der Waals surface area contributed by atoms with Crippen LogP contribution in [0.25, 0.3) is 0 Å². The van der Waals surface area contributed by atoms with Crippen molar-refractivity contribution in [3.8, 4) is 5.75 Å². The van der Waals surface area contributed by atoms with Gasteiger partial charge in [-0.05, 0) is 36.8 Å². The van der Waals surface area contributed by atoms with Crippen molar-refractivity contribution in [2.45, 2.75) is 12.8 Å². The summed E-state index contributed by atoms with van der Waals surface area (Å²) in [4.78, 5) is 14.6. The summed E-state index contributed by atoms with van der Waals surface area (Å²) in [5.74, 6) is 2.06. The highest BCUT2D eigenvalue weighted by molar-refractivity contribution is 5.97. The Morgan fingerprint density at radius 3 is 2.42 bits per heavy atom. The Hall–Kier alpha value is -1.77. The monoisotopic (exact) mass is 257 g/mol. The van der Waals surface area contributed by atoms with Crippen molar-refractivity contribution in [3.05, 3.63) is 42.0 Å². The standard InChI is InChI=1S/C16H19NO2/c1-19-15-9-5-4-8-14(15)16(18)17-10-12-6-2-3-7-13(12)11-17/h2-5,8-9,12-13H,6-7,10-11H2,1H3. The predicted octanol–water partition coefficient (Wildman–Crippen LogP) is 2.73. The van der Waals surface area contributed by atoms with Crippen molar-refractivity contribution in [2.24, 2.45) is 11.8 Å². The molecule has 0 bridgehead atoms. The van der Waals surface area contributed by atoms with Gasteiger partial charge in [-0.1, -0.05) is 24.3 Å². The normalized spacial score (nSPS) is 25.2. The molecule has 1 saturated heterocycles. The molecular formula is C16H19NO2. The molecule has 0 N–H and O–H groups in total. The first-order chi connectivity index (χ1) is 9.29. The number of carbonyl (C=O) groups excluding carboxylic acids is 1. The number of amides is 1. The van der Waals surface area contributed by atoms with Crippen molar-refractivity contribution in [1.29, 1.82) is 0 Å². The molecule has 100 valence electrons. The summed E-state index contributed by atoms with van der Waals surface area (Å²) in [7, 11) is 1.61. The van der Waals surface area contributed by atoms with Gasteiger partial charge in [-0.2, -0.15) is 0 Å². The highest BCUT2D eigenvalue weighted by Crippen LogP contribution is 2.34. The van der Waals surface area contributed by atoms with Crippen LogP contribution in [0.3, 0.4) is 0 Å². The van der Waals surface area contributed by atoms with E-state index in [9.17, 15) is 4.79 Å². The zero-order valence-corrected chi connectivity index (χ0v) is 11.2. The summed E-state index contributed by atoms with van der Waals surface area (Å²) < 4.78 is 5.28. The molecule has 1 heterocycles. The average molecular weight is 257 g/mol. The fraction of sp³-hybridized carbons (Fsp3) is 0.438. The number of likely N-dealkylation sites (tertiary alicyclic amines) is 1. The first kappa shape index (κ1) is 12.3. The summed E-state index contributed by atoms with van der Waals surface area (Å²) >= 11 is 0. The van der Waals surface area contributed by atoms with E-state index in [4.69, 9.17) is 4.74 Å². The Labute approximate surface area is 113 Å². The molecule has 2 atom stereocenters. The van der Waals surface area contributed by atoms with E-state index in [-0.39, 0.29) is 5.91 Å². The number of ether oxygens (including phenoxy) is 1. The second kappa shape index (κ2) is 5.08. The lowest BCUT2D eigenvalue weighted by atomic mass is 9.86. The fourth-order valence-electron chi connectivity index (χ4n) is 3.17. The summed E-state index contributed by atoms with van der Waals surface area (Å²) in [6.45, 7) is 1.76. The Balaban J connectivity index is 1.78. The molecule has 1 aliphatic heterocycles. The first-order valence-corrected chi connectivity index (χ1v) is 6.87. The molecule has 1 amide bonds. The van der Waals surface area contributed by atoms with Crippen LogP contribution in [0.5, 0.6) is 5.75 Å². The lowest BCUT2D eigenvalue weighted by molar-refractivity contribution is 0.0781. The maximum Gasteiger partial charge on any atom is 0.257 e. The van der Waals surface area contributed by atoms with Crippen LogP contribution in [0.15, 0.2) is 36.4 Å². The number of allylic oxidation sites excluding steroid dienone is 2. The van der Waals surface area contributed by atoms with E-state index in [1.54, 1.807) is 7.11 Å². The molecule has 3 nitrogen and oxygen atoms in total. The second-order valence-electron chi connectivity index (χ2n) is 5.37. The van der Waals surface area contributed by atoms with Crippen LogP contribution in [-0.4, -0.2) is 31.0 Å². The highest BCUT2D eigenvalue weighted by atomic mass is 16.5. The van der Waals surface area contributed by atoms with E-state index in [0.29, 0.717) is 23.1 Å². The van der Waals surface area contributed by atoms with Crippen LogP contribution in [0, 0.1) is 11.8 Å². The zero-order chi connectivity index (χ0) is 13.2. The SMILES string of the molecule is COc1ccccc1C(=O)N1CC2CC=CCC2C1. The number of nitrogens with zero attached hydrogens (tertiary/aromatic N) is 1. The minimum atomic E-state index is 0.104. The van der Waals surface area contributed by atoms with Gasteiger partial charge in [0.05, 0.1) is 12.7 Å². The van der Waals surface area contributed by atoms with Gasteiger partial charge < -0.3 is 9.64 Å². The smallest absolute Gasteiger partial charge is 0.257 e. The Kier molecular flexibility index (Phi) is 3.28. The molecule has 3 heteroatoms. The van der Waals surface area contributed by atoms with E-state index in [1.807, 2.05) is 29.2 Å². The van der Waals surface area contributed by atoms with Gasteiger partial charge in [0, 0.05) is 13.1 Å². The maximum absolute atomic E-state index is 12.6. The van der Waals surface area contributed by atoms with Gasteiger partial charge in [0.15, 0.2) is 0 Å². The summed E-state index contributed by atoms with van der Waals surface area (Å²) in [6.07, 6.45) is 6.72. The Morgan fingerprint density at radius 1 is 1.16 bits per heavy atom. The number of para-hydroxylation sites is 1. The third-order valence-corrected chi connectivity index (χ3v) is 4.25. The van der Waals surface area contributed by atoms with Gasteiger partial charge in [0.25, 0.3) is 5.91 Å². The van der Waals surface area contributed by atoms with Gasteiger partial charge in [-0.15, -0.1) is 0 Å². The quantitative estimate of drug-likeness (QED) is 0.762. The van der Waals surface area contributed by atoms with E-state index >= 15 is 0 Å². The summed E-state index contributed by atoms with van der Waals surface area (Å²) in [6, 6.07) is 7.48. The second-order valence-corrected chi connectivity index (χ2v) is 5.37. The molecule has 0 aromatic heterocycles. The van der Waals surface area contributed by atoms with Crippen molar-refractivity contribution >= 4 is 5.91 Å². The molecule has 2 unspecified atom stereocenters. The van der Waals surface area contributed by atoms with Crippen LogP contribution in [0.2, 0.25) is 0 Å². The van der Waals surface area contributed by atoms with Gasteiger partial charge in [0.2, 0.25) is 0 Å². The molecular weight excluding hydrogens is 238 g/mol. The molecule has 1 aromatic carbocycles. The molecule has 1 aromatic rings. The fourth-order valence-corrected chi connectivity index (χ4v) is 3.17. The minimum Gasteiger partial charge on any atom is -0.496 e. The number of methoxy groups -OCH3 is 1. The third-order valence-electron chi connectivity index (χ3n) is 4.25. The summed E-state index contributed by atoms with van der Waals surface area (Å²) in [5, 5.41) is 0. The molecule has 2 aliphatic rings. The van der Waals surface area contributed by atoms with E-state index < -0.39 is 0 Å². The molecule has 0 radical (unpaired) electrons. The van der Waals surface area contributed by atoms with E-state index in [1.165, 1.54) is 0 Å². The van der Waals surface area contributed by atoms with Gasteiger partial charge in [-0.3, -0.25) is 4.79 Å². The van der Waals surface area contributed by atoms with E-state index in [2.05, 4.69) is 12.2 Å². The number of hydrogen-bond acceptors (Lipinski definition) is 2. The minimum absolute atomic E-state index is 0.104. The largest absolute Gasteiger partial charge is 0.496 e. The Bertz CT molecular complexity index is 493.